The number of amides is 1. The molecule has 0 aromatic rings. The smallest absolute Gasteiger partial charge is 0.248 e. The van der Waals surface area contributed by atoms with Crippen LogP contribution in [-0.2, 0) is 9.59 Å². The number of fused-ring (bicyclic) bond motifs is 1. The van der Waals surface area contributed by atoms with Gasteiger partial charge < -0.3 is 10.2 Å². The van der Waals surface area contributed by atoms with Crippen molar-refractivity contribution in [1.82, 2.24) is 4.90 Å². The molecule has 110 valence electrons. The normalized spacial score (nSPS) is 32.1. The molecule has 7 heteroatoms. The van der Waals surface area contributed by atoms with E-state index in [1.165, 1.54) is 12.8 Å². The summed E-state index contributed by atoms with van der Waals surface area (Å²) < 4.78 is 0.955. The third kappa shape index (κ3) is 2.32. The highest BCUT2D eigenvalue weighted by Gasteiger charge is 2.51. The van der Waals surface area contributed by atoms with Crippen LogP contribution in [0.3, 0.4) is 0 Å². The van der Waals surface area contributed by atoms with Gasteiger partial charge in [-0.1, -0.05) is 0 Å². The Morgan fingerprint density at radius 1 is 1.50 bits per heavy atom. The predicted octanol–water partition coefficient (Wildman–Crippen LogP) is 0.685. The first-order valence-corrected chi connectivity index (χ1v) is 9.01. The van der Waals surface area contributed by atoms with E-state index in [2.05, 4.69) is 7.05 Å². The summed E-state index contributed by atoms with van der Waals surface area (Å²) in [6.07, 6.45) is 2.50. The van der Waals surface area contributed by atoms with Crippen LogP contribution in [0.1, 0.15) is 12.8 Å². The Labute approximate surface area is 136 Å². The fourth-order valence-electron chi connectivity index (χ4n) is 3.40. The van der Waals surface area contributed by atoms with Crippen LogP contribution in [0.15, 0.2) is 11.3 Å². The van der Waals surface area contributed by atoms with Gasteiger partial charge in [0, 0.05) is 46.8 Å². The second-order valence-electron chi connectivity index (χ2n) is 6.09. The lowest BCUT2D eigenvalue weighted by Crippen LogP contribution is -2.68. The number of β-lactam (4-membered cyclic amide) rings is 1. The standard InChI is InChI=1S/C13H19IN3O2S/c1-17(4-2-3-5-17)6-8-7-20-13-9(15)12(19)16(13)10(8)11(14)18/h9,13H,2-7,15H2,1H3/q+1/t9?,13-/m0/s1. The molecule has 2 fully saturated rings. The van der Waals surface area contributed by atoms with Crippen molar-refractivity contribution in [3.05, 3.63) is 11.3 Å². The SMILES string of the molecule is C[N+]1(CC2=C(C(=O)I)N3C(=O)C(N)[C@@H]3SC2)CCCC1. The summed E-state index contributed by atoms with van der Waals surface area (Å²) in [6.45, 7) is 3.20. The molecule has 3 aliphatic rings. The average Bonchev–Trinajstić information content (AvgIpc) is 2.83. The Hall–Kier alpha value is -0.120. The lowest BCUT2D eigenvalue weighted by atomic mass is 10.0. The van der Waals surface area contributed by atoms with E-state index in [-0.39, 0.29) is 15.1 Å². The summed E-state index contributed by atoms with van der Waals surface area (Å²) in [4.78, 5) is 25.6. The molecule has 3 aliphatic heterocycles. The quantitative estimate of drug-likeness (QED) is 0.323. The van der Waals surface area contributed by atoms with Crippen molar-refractivity contribution in [2.45, 2.75) is 24.3 Å². The number of carbonyl (C=O) groups is 2. The highest BCUT2D eigenvalue weighted by Crippen LogP contribution is 2.41. The van der Waals surface area contributed by atoms with E-state index < -0.39 is 6.04 Å². The number of halogens is 1. The molecule has 0 aliphatic carbocycles. The van der Waals surface area contributed by atoms with Gasteiger partial charge in [0.25, 0.3) is 0 Å². The largest absolute Gasteiger partial charge is 0.322 e. The topological polar surface area (TPSA) is 63.4 Å². The van der Waals surface area contributed by atoms with E-state index in [9.17, 15) is 9.59 Å². The number of carbonyl (C=O) groups excluding carboxylic acids is 2. The van der Waals surface area contributed by atoms with Crippen LogP contribution >= 0.6 is 34.4 Å². The maximum Gasteiger partial charge on any atom is 0.248 e. The number of likely N-dealkylation sites (tertiary alicyclic amines) is 1. The van der Waals surface area contributed by atoms with Crippen molar-refractivity contribution in [3.8, 4) is 0 Å². The second-order valence-corrected chi connectivity index (χ2v) is 8.18. The lowest BCUT2D eigenvalue weighted by Gasteiger charge is -2.48. The molecule has 1 amide bonds. The summed E-state index contributed by atoms with van der Waals surface area (Å²) in [5.41, 5.74) is 7.56. The molecule has 2 saturated heterocycles. The van der Waals surface area contributed by atoms with Crippen LogP contribution in [-0.4, -0.2) is 62.9 Å². The minimum atomic E-state index is -0.441. The van der Waals surface area contributed by atoms with Crippen molar-refractivity contribution < 1.29 is 14.1 Å². The van der Waals surface area contributed by atoms with Crippen LogP contribution in [0, 0.1) is 0 Å². The van der Waals surface area contributed by atoms with Gasteiger partial charge in [0.05, 0.1) is 20.1 Å². The number of hydrogen-bond acceptors (Lipinski definition) is 4. The summed E-state index contributed by atoms with van der Waals surface area (Å²) in [7, 11) is 2.25. The molecular weight excluding hydrogens is 389 g/mol. The molecule has 0 aromatic heterocycles. The maximum atomic E-state index is 12.0. The molecule has 0 radical (unpaired) electrons. The fourth-order valence-corrected chi connectivity index (χ4v) is 5.32. The zero-order chi connectivity index (χ0) is 14.5. The van der Waals surface area contributed by atoms with E-state index in [4.69, 9.17) is 5.73 Å². The number of allylic oxidation sites excluding steroid dienone is 1. The molecule has 3 heterocycles. The minimum absolute atomic E-state index is 0.0334. The van der Waals surface area contributed by atoms with E-state index in [0.29, 0.717) is 5.70 Å². The van der Waals surface area contributed by atoms with Crippen LogP contribution in [0.25, 0.3) is 0 Å². The van der Waals surface area contributed by atoms with Gasteiger partial charge in [-0.15, -0.1) is 11.8 Å². The molecule has 0 saturated carbocycles. The van der Waals surface area contributed by atoms with Crippen LogP contribution in [0.5, 0.6) is 0 Å². The maximum absolute atomic E-state index is 12.0. The van der Waals surface area contributed by atoms with Gasteiger partial charge in [-0.2, -0.15) is 0 Å². The fraction of sp³-hybridized carbons (Fsp3) is 0.692. The van der Waals surface area contributed by atoms with E-state index in [1.807, 2.05) is 0 Å². The van der Waals surface area contributed by atoms with Gasteiger partial charge >= 0.3 is 0 Å². The van der Waals surface area contributed by atoms with Crippen LogP contribution in [0.2, 0.25) is 0 Å². The first-order chi connectivity index (χ1) is 9.43. The molecule has 1 unspecified atom stereocenters. The zero-order valence-corrected chi connectivity index (χ0v) is 14.4. The van der Waals surface area contributed by atoms with Gasteiger partial charge in [0.2, 0.25) is 9.70 Å². The van der Waals surface area contributed by atoms with E-state index >= 15 is 0 Å². The number of nitrogens with zero attached hydrogens (tertiary/aromatic N) is 2. The Morgan fingerprint density at radius 3 is 2.75 bits per heavy atom. The number of rotatable bonds is 3. The first-order valence-electron chi connectivity index (χ1n) is 6.89. The molecule has 5 nitrogen and oxygen atoms in total. The van der Waals surface area contributed by atoms with Crippen molar-refractivity contribution >= 4 is 44.0 Å². The highest BCUT2D eigenvalue weighted by atomic mass is 127. The summed E-state index contributed by atoms with van der Waals surface area (Å²) in [5, 5.41) is -0.0381. The third-order valence-corrected chi connectivity index (χ3v) is 6.36. The molecular formula is C13H19IN3O2S+. The Balaban J connectivity index is 1.90. The second kappa shape index (κ2) is 5.26. The van der Waals surface area contributed by atoms with Crippen molar-refractivity contribution in [1.29, 1.82) is 0 Å². The van der Waals surface area contributed by atoms with Crippen LogP contribution < -0.4 is 5.73 Å². The zero-order valence-electron chi connectivity index (χ0n) is 11.5. The van der Waals surface area contributed by atoms with Gasteiger partial charge in [-0.05, 0) is 0 Å². The molecule has 3 rings (SSSR count). The lowest BCUT2D eigenvalue weighted by molar-refractivity contribution is -0.893. The van der Waals surface area contributed by atoms with E-state index in [0.717, 1.165) is 35.4 Å². The van der Waals surface area contributed by atoms with Crippen LogP contribution in [0.4, 0.5) is 0 Å². The number of thioether (sulfide) groups is 1. The Morgan fingerprint density at radius 2 is 2.15 bits per heavy atom. The van der Waals surface area contributed by atoms with Crippen molar-refractivity contribution in [2.24, 2.45) is 5.73 Å². The number of quaternary nitrogens is 1. The number of hydrogen-bond donors (Lipinski definition) is 1. The summed E-state index contributed by atoms with van der Waals surface area (Å²) >= 11 is 3.49. The molecule has 0 aromatic carbocycles. The number of nitrogens with two attached hydrogens (primary N) is 1. The molecule has 0 spiro atoms. The van der Waals surface area contributed by atoms with Gasteiger partial charge in [0.15, 0.2) is 0 Å². The third-order valence-electron chi connectivity index (χ3n) is 4.49. The predicted molar refractivity (Wildman–Crippen MR) is 87.1 cm³/mol. The monoisotopic (exact) mass is 408 g/mol. The van der Waals surface area contributed by atoms with E-state index in [1.54, 1.807) is 39.3 Å². The van der Waals surface area contributed by atoms with Gasteiger partial charge in [-0.25, -0.2) is 0 Å². The molecule has 0 bridgehead atoms. The minimum Gasteiger partial charge on any atom is -0.322 e. The molecule has 20 heavy (non-hydrogen) atoms. The van der Waals surface area contributed by atoms with Gasteiger partial charge in [0.1, 0.15) is 23.7 Å². The molecule has 2 atom stereocenters. The Bertz CT molecular complexity index is 502. The molecule has 2 N–H and O–H groups in total. The summed E-state index contributed by atoms with van der Waals surface area (Å²) in [6, 6.07) is -0.441. The summed E-state index contributed by atoms with van der Waals surface area (Å²) in [5.74, 6) is 0.712. The first kappa shape index (κ1) is 14.8. The number of likely N-dealkylation sites (N-methyl/N-ethyl adjacent to an activating group) is 1. The Kier molecular flexibility index (Phi) is 3.89. The highest BCUT2D eigenvalue weighted by molar-refractivity contribution is 14.1. The van der Waals surface area contributed by atoms with Crippen molar-refractivity contribution in [3.63, 3.8) is 0 Å². The average molecular weight is 408 g/mol. The van der Waals surface area contributed by atoms with Gasteiger partial charge in [-0.3, -0.25) is 14.5 Å². The van der Waals surface area contributed by atoms with Crippen molar-refractivity contribution in [2.75, 3.05) is 32.4 Å².